The van der Waals surface area contributed by atoms with E-state index in [4.69, 9.17) is 4.74 Å². The van der Waals surface area contributed by atoms with Crippen molar-refractivity contribution in [3.63, 3.8) is 0 Å². The summed E-state index contributed by atoms with van der Waals surface area (Å²) in [6, 6.07) is 0.570. The van der Waals surface area contributed by atoms with Gasteiger partial charge >= 0.3 is 0 Å². The van der Waals surface area contributed by atoms with E-state index in [9.17, 15) is 4.79 Å². The van der Waals surface area contributed by atoms with Gasteiger partial charge in [-0.05, 0) is 32.2 Å². The zero-order valence-corrected chi connectivity index (χ0v) is 9.84. The number of hydrogen-bond acceptors (Lipinski definition) is 3. The molecule has 0 bridgehead atoms. The second-order valence-corrected chi connectivity index (χ2v) is 4.87. The van der Waals surface area contributed by atoms with Crippen LogP contribution >= 0.6 is 0 Å². The van der Waals surface area contributed by atoms with E-state index in [0.29, 0.717) is 18.4 Å². The maximum Gasteiger partial charge on any atom is 0.220 e. The first kappa shape index (κ1) is 11.9. The average molecular weight is 226 g/mol. The fourth-order valence-electron chi connectivity index (χ4n) is 2.40. The van der Waals surface area contributed by atoms with Crippen molar-refractivity contribution >= 4 is 5.91 Å². The van der Waals surface area contributed by atoms with E-state index >= 15 is 0 Å². The van der Waals surface area contributed by atoms with Gasteiger partial charge in [-0.15, -0.1) is 0 Å². The van der Waals surface area contributed by atoms with Gasteiger partial charge in [-0.3, -0.25) is 4.79 Å². The smallest absolute Gasteiger partial charge is 0.220 e. The van der Waals surface area contributed by atoms with Crippen molar-refractivity contribution in [1.29, 1.82) is 0 Å². The molecule has 2 atom stereocenters. The topological polar surface area (TPSA) is 50.4 Å². The fraction of sp³-hybridized carbons (Fsp3) is 0.917. The zero-order chi connectivity index (χ0) is 11.2. The number of carbonyl (C=O) groups excluding carboxylic acids is 1. The first-order valence-corrected chi connectivity index (χ1v) is 6.42. The molecule has 2 rings (SSSR count). The SMILES string of the molecule is O=C(CCC1CCCN1)NCC1CCOC1. The molecule has 2 unspecified atom stereocenters. The molecule has 0 aromatic heterocycles. The van der Waals surface area contributed by atoms with E-state index in [1.165, 1.54) is 12.8 Å². The van der Waals surface area contributed by atoms with E-state index in [1.54, 1.807) is 0 Å². The molecular weight excluding hydrogens is 204 g/mol. The second-order valence-electron chi connectivity index (χ2n) is 4.87. The van der Waals surface area contributed by atoms with Gasteiger partial charge in [0.1, 0.15) is 0 Å². The highest BCUT2D eigenvalue weighted by molar-refractivity contribution is 5.75. The van der Waals surface area contributed by atoms with E-state index in [0.717, 1.165) is 39.1 Å². The van der Waals surface area contributed by atoms with Crippen molar-refractivity contribution in [3.8, 4) is 0 Å². The Bertz CT molecular complexity index is 199. The first-order chi connectivity index (χ1) is 7.84. The molecule has 4 heteroatoms. The Kier molecular flexibility index (Phi) is 4.60. The van der Waals surface area contributed by atoms with Crippen LogP contribution in [0.2, 0.25) is 0 Å². The van der Waals surface area contributed by atoms with Crippen molar-refractivity contribution in [1.82, 2.24) is 10.6 Å². The van der Waals surface area contributed by atoms with E-state index in [-0.39, 0.29) is 5.91 Å². The lowest BCUT2D eigenvalue weighted by atomic mass is 10.1. The normalized spacial score (nSPS) is 29.5. The second kappa shape index (κ2) is 6.21. The summed E-state index contributed by atoms with van der Waals surface area (Å²) in [7, 11) is 0. The van der Waals surface area contributed by atoms with Gasteiger partial charge in [0.25, 0.3) is 0 Å². The fourth-order valence-corrected chi connectivity index (χ4v) is 2.40. The standard InChI is InChI=1S/C12H22N2O2/c15-12(4-3-11-2-1-6-13-11)14-8-10-5-7-16-9-10/h10-11,13H,1-9H2,(H,14,15). The molecule has 0 spiro atoms. The minimum Gasteiger partial charge on any atom is -0.381 e. The number of nitrogens with one attached hydrogen (secondary N) is 2. The van der Waals surface area contributed by atoms with E-state index in [1.807, 2.05) is 0 Å². The zero-order valence-electron chi connectivity index (χ0n) is 9.84. The van der Waals surface area contributed by atoms with Crippen LogP contribution in [-0.4, -0.2) is 38.3 Å². The lowest BCUT2D eigenvalue weighted by Crippen LogP contribution is -2.31. The van der Waals surface area contributed by atoms with Crippen LogP contribution in [-0.2, 0) is 9.53 Å². The van der Waals surface area contributed by atoms with Gasteiger partial charge in [-0.1, -0.05) is 0 Å². The number of ether oxygens (including phenoxy) is 1. The van der Waals surface area contributed by atoms with Crippen molar-refractivity contribution in [2.45, 2.75) is 38.1 Å². The summed E-state index contributed by atoms with van der Waals surface area (Å²) < 4.78 is 5.27. The third kappa shape index (κ3) is 3.76. The maximum absolute atomic E-state index is 11.6. The molecule has 1 amide bonds. The van der Waals surface area contributed by atoms with Gasteiger partial charge in [-0.2, -0.15) is 0 Å². The molecule has 0 radical (unpaired) electrons. The minimum atomic E-state index is 0.195. The van der Waals surface area contributed by atoms with Crippen LogP contribution in [0.3, 0.4) is 0 Å². The van der Waals surface area contributed by atoms with Gasteiger partial charge in [-0.25, -0.2) is 0 Å². The molecule has 0 aromatic carbocycles. The Labute approximate surface area is 97.1 Å². The summed E-state index contributed by atoms with van der Waals surface area (Å²) in [6.45, 7) is 3.57. The Morgan fingerprint density at radius 3 is 3.06 bits per heavy atom. The van der Waals surface area contributed by atoms with Crippen LogP contribution in [0, 0.1) is 5.92 Å². The summed E-state index contributed by atoms with van der Waals surface area (Å²) in [6.07, 6.45) is 5.21. The summed E-state index contributed by atoms with van der Waals surface area (Å²) in [5.41, 5.74) is 0. The minimum absolute atomic E-state index is 0.195. The van der Waals surface area contributed by atoms with Gasteiger partial charge < -0.3 is 15.4 Å². The number of carbonyl (C=O) groups is 1. The summed E-state index contributed by atoms with van der Waals surface area (Å²) in [5, 5.41) is 6.41. The lowest BCUT2D eigenvalue weighted by molar-refractivity contribution is -0.121. The van der Waals surface area contributed by atoms with Crippen LogP contribution in [0.4, 0.5) is 0 Å². The molecule has 0 saturated carbocycles. The molecule has 2 saturated heterocycles. The summed E-state index contributed by atoms with van der Waals surface area (Å²) in [4.78, 5) is 11.6. The highest BCUT2D eigenvalue weighted by atomic mass is 16.5. The Balaban J connectivity index is 1.53. The van der Waals surface area contributed by atoms with E-state index < -0.39 is 0 Å². The van der Waals surface area contributed by atoms with Crippen molar-refractivity contribution in [3.05, 3.63) is 0 Å². The van der Waals surface area contributed by atoms with Gasteiger partial charge in [0.15, 0.2) is 0 Å². The maximum atomic E-state index is 11.6. The van der Waals surface area contributed by atoms with E-state index in [2.05, 4.69) is 10.6 Å². The van der Waals surface area contributed by atoms with Gasteiger partial charge in [0, 0.05) is 31.5 Å². The number of rotatable bonds is 5. The molecule has 2 N–H and O–H groups in total. The molecular formula is C12H22N2O2. The molecule has 92 valence electrons. The molecule has 2 aliphatic heterocycles. The summed E-state index contributed by atoms with van der Waals surface area (Å²) >= 11 is 0. The molecule has 0 aliphatic carbocycles. The molecule has 2 heterocycles. The molecule has 2 fully saturated rings. The number of amides is 1. The summed E-state index contributed by atoms with van der Waals surface area (Å²) in [5.74, 6) is 0.731. The molecule has 16 heavy (non-hydrogen) atoms. The van der Waals surface area contributed by atoms with Crippen LogP contribution in [0.5, 0.6) is 0 Å². The molecule has 2 aliphatic rings. The predicted octanol–water partition coefficient (Wildman–Crippen LogP) is 0.671. The highest BCUT2D eigenvalue weighted by Gasteiger charge is 2.18. The lowest BCUT2D eigenvalue weighted by Gasteiger charge is -2.11. The third-order valence-corrected chi connectivity index (χ3v) is 3.49. The van der Waals surface area contributed by atoms with Crippen molar-refractivity contribution < 1.29 is 9.53 Å². The predicted molar refractivity (Wildman–Crippen MR) is 62.2 cm³/mol. The number of hydrogen-bond donors (Lipinski definition) is 2. The molecule has 0 aromatic rings. The largest absolute Gasteiger partial charge is 0.381 e. The van der Waals surface area contributed by atoms with Crippen LogP contribution in [0.15, 0.2) is 0 Å². The van der Waals surface area contributed by atoms with Crippen LogP contribution in [0.25, 0.3) is 0 Å². The Hall–Kier alpha value is -0.610. The van der Waals surface area contributed by atoms with Crippen LogP contribution in [0.1, 0.15) is 32.1 Å². The highest BCUT2D eigenvalue weighted by Crippen LogP contribution is 2.12. The van der Waals surface area contributed by atoms with Gasteiger partial charge in [0.2, 0.25) is 5.91 Å². The quantitative estimate of drug-likeness (QED) is 0.724. The third-order valence-electron chi connectivity index (χ3n) is 3.49. The van der Waals surface area contributed by atoms with Crippen molar-refractivity contribution in [2.75, 3.05) is 26.3 Å². The molecule has 4 nitrogen and oxygen atoms in total. The Morgan fingerprint density at radius 1 is 1.44 bits per heavy atom. The average Bonchev–Trinajstić information content (AvgIpc) is 2.96. The van der Waals surface area contributed by atoms with Gasteiger partial charge in [0.05, 0.1) is 6.61 Å². The monoisotopic (exact) mass is 226 g/mol. The Morgan fingerprint density at radius 2 is 2.38 bits per heavy atom. The van der Waals surface area contributed by atoms with Crippen LogP contribution < -0.4 is 10.6 Å². The first-order valence-electron chi connectivity index (χ1n) is 6.42. The van der Waals surface area contributed by atoms with Crippen molar-refractivity contribution in [2.24, 2.45) is 5.92 Å².